The van der Waals surface area contributed by atoms with Crippen molar-refractivity contribution in [1.29, 1.82) is 0 Å². The van der Waals surface area contributed by atoms with Crippen LogP contribution >= 0.6 is 15.9 Å². The normalized spacial score (nSPS) is 19.8. The number of fused-ring (bicyclic) bond motifs is 1. The molecule has 1 fully saturated rings. The third-order valence-electron chi connectivity index (χ3n) is 6.05. The summed E-state index contributed by atoms with van der Waals surface area (Å²) in [6.07, 6.45) is -0.488. The maximum absolute atomic E-state index is 13.3. The van der Waals surface area contributed by atoms with Crippen molar-refractivity contribution in [2.45, 2.75) is 49.8 Å². The van der Waals surface area contributed by atoms with Gasteiger partial charge in [-0.15, -0.1) is 0 Å². The second kappa shape index (κ2) is 10.1. The maximum atomic E-state index is 13.3. The van der Waals surface area contributed by atoms with Crippen LogP contribution in [0, 0.1) is 0 Å². The Morgan fingerprint density at radius 2 is 1.73 bits per heavy atom. The van der Waals surface area contributed by atoms with E-state index >= 15 is 0 Å². The first-order chi connectivity index (χ1) is 17.3. The molecule has 3 amide bonds. The minimum Gasteiger partial charge on any atom is -0.495 e. The molecular formula is C25H28BrN3O7S. The number of nitrogens with one attached hydrogen (secondary N) is 1. The first-order valence-electron chi connectivity index (χ1n) is 11.6. The van der Waals surface area contributed by atoms with Crippen molar-refractivity contribution in [3.8, 4) is 5.75 Å². The quantitative estimate of drug-likeness (QED) is 0.509. The number of likely N-dealkylation sites (tertiary alicyclic amines) is 1. The summed E-state index contributed by atoms with van der Waals surface area (Å²) < 4.78 is 40.5. The van der Waals surface area contributed by atoms with E-state index in [1.54, 1.807) is 51.1 Å². The third kappa shape index (κ3) is 5.65. The fourth-order valence-electron chi connectivity index (χ4n) is 4.48. The highest BCUT2D eigenvalue weighted by molar-refractivity contribution is 9.10. The number of hydrogen-bond donors (Lipinski definition) is 1. The average molecular weight is 594 g/mol. The number of sulfonamides is 1. The molecule has 4 rings (SSSR count). The van der Waals surface area contributed by atoms with Crippen molar-refractivity contribution in [1.82, 2.24) is 14.5 Å². The minimum absolute atomic E-state index is 0.00169. The fourth-order valence-corrected chi connectivity index (χ4v) is 6.43. The van der Waals surface area contributed by atoms with E-state index in [2.05, 4.69) is 20.7 Å². The Labute approximate surface area is 224 Å². The number of nitrogens with zero attached hydrogens (tertiary/aromatic N) is 2. The van der Waals surface area contributed by atoms with Crippen molar-refractivity contribution >= 4 is 43.9 Å². The molecule has 2 aliphatic rings. The van der Waals surface area contributed by atoms with Crippen LogP contribution in [0.3, 0.4) is 0 Å². The van der Waals surface area contributed by atoms with Gasteiger partial charge < -0.3 is 14.4 Å². The Morgan fingerprint density at radius 3 is 2.30 bits per heavy atom. The topological polar surface area (TPSA) is 122 Å². The van der Waals surface area contributed by atoms with E-state index in [4.69, 9.17) is 9.47 Å². The number of rotatable bonds is 6. The van der Waals surface area contributed by atoms with Crippen LogP contribution in [-0.2, 0) is 14.8 Å². The smallest absolute Gasteiger partial charge is 0.410 e. The van der Waals surface area contributed by atoms with Gasteiger partial charge in [0.15, 0.2) is 0 Å². The van der Waals surface area contributed by atoms with Gasteiger partial charge in [-0.05, 0) is 57.5 Å². The predicted octanol–water partition coefficient (Wildman–Crippen LogP) is 3.41. The molecule has 2 aromatic rings. The van der Waals surface area contributed by atoms with Crippen LogP contribution in [-0.4, -0.2) is 74.0 Å². The van der Waals surface area contributed by atoms with Gasteiger partial charge in [0.2, 0.25) is 10.0 Å². The predicted molar refractivity (Wildman–Crippen MR) is 138 cm³/mol. The summed E-state index contributed by atoms with van der Waals surface area (Å²) in [6.45, 7) is 5.07. The highest BCUT2D eigenvalue weighted by Crippen LogP contribution is 2.30. The van der Waals surface area contributed by atoms with Gasteiger partial charge in [0.1, 0.15) is 16.2 Å². The van der Waals surface area contributed by atoms with E-state index < -0.39 is 45.6 Å². The molecule has 10 nitrogen and oxygen atoms in total. The molecule has 2 aliphatic heterocycles. The van der Waals surface area contributed by atoms with Crippen LogP contribution in [0.15, 0.2) is 51.8 Å². The lowest BCUT2D eigenvalue weighted by Crippen LogP contribution is -2.46. The highest BCUT2D eigenvalue weighted by Gasteiger charge is 2.44. The second-order valence-electron chi connectivity index (χ2n) is 9.90. The standard InChI is InChI=1S/C25H28BrN3O7S/c1-25(2,3)36-24(32)28-13-16(27-37(33,34)21-11-15(26)9-10-20(21)35-4)12-17(28)14-29-22(30)18-7-5-6-8-19(18)23(29)31/h5-11,16-17,27H,12-14H2,1-4H3/t16-,17-/m1/s1. The SMILES string of the molecule is COc1ccc(Br)cc1S(=O)(=O)N[C@@H]1C[C@H](CN2C(=O)c3ccccc3C2=O)N(C(=O)OC(C)(C)C)C1. The highest BCUT2D eigenvalue weighted by atomic mass is 79.9. The van der Waals surface area contributed by atoms with Crippen LogP contribution in [0.5, 0.6) is 5.75 Å². The molecule has 2 heterocycles. The number of carbonyl (C=O) groups excluding carboxylic acids is 3. The number of ether oxygens (including phenoxy) is 2. The van der Waals surface area contributed by atoms with Crippen molar-refractivity contribution in [2.75, 3.05) is 20.2 Å². The summed E-state index contributed by atoms with van der Waals surface area (Å²) in [5.74, 6) is -0.736. The van der Waals surface area contributed by atoms with Gasteiger partial charge in [0.05, 0.1) is 24.3 Å². The zero-order valence-electron chi connectivity index (χ0n) is 20.9. The van der Waals surface area contributed by atoms with Crippen molar-refractivity contribution < 1.29 is 32.3 Å². The van der Waals surface area contributed by atoms with E-state index in [0.29, 0.717) is 15.6 Å². The first kappa shape index (κ1) is 27.1. The molecule has 1 N–H and O–H groups in total. The molecular weight excluding hydrogens is 566 g/mol. The number of imide groups is 1. The summed E-state index contributed by atoms with van der Waals surface area (Å²) in [7, 11) is -2.67. The van der Waals surface area contributed by atoms with E-state index in [1.807, 2.05) is 0 Å². The molecule has 198 valence electrons. The number of amides is 3. The number of benzene rings is 2. The zero-order valence-corrected chi connectivity index (χ0v) is 23.3. The van der Waals surface area contributed by atoms with Crippen LogP contribution in [0.4, 0.5) is 4.79 Å². The molecule has 37 heavy (non-hydrogen) atoms. The molecule has 0 bridgehead atoms. The van der Waals surface area contributed by atoms with Gasteiger partial charge >= 0.3 is 6.09 Å². The maximum Gasteiger partial charge on any atom is 0.410 e. The summed E-state index contributed by atoms with van der Waals surface area (Å²) >= 11 is 3.28. The summed E-state index contributed by atoms with van der Waals surface area (Å²) in [6, 6.07) is 9.79. The lowest BCUT2D eigenvalue weighted by Gasteiger charge is -2.30. The van der Waals surface area contributed by atoms with Gasteiger partial charge in [-0.3, -0.25) is 14.5 Å². The molecule has 2 aromatic carbocycles. The van der Waals surface area contributed by atoms with Crippen LogP contribution in [0.1, 0.15) is 47.9 Å². The van der Waals surface area contributed by atoms with E-state index in [1.165, 1.54) is 24.1 Å². The number of carbonyl (C=O) groups is 3. The van der Waals surface area contributed by atoms with Crippen molar-refractivity contribution in [3.63, 3.8) is 0 Å². The van der Waals surface area contributed by atoms with Crippen LogP contribution in [0.25, 0.3) is 0 Å². The van der Waals surface area contributed by atoms with E-state index in [9.17, 15) is 22.8 Å². The molecule has 0 aromatic heterocycles. The van der Waals surface area contributed by atoms with Gasteiger partial charge in [0.25, 0.3) is 11.8 Å². The van der Waals surface area contributed by atoms with Gasteiger partial charge in [0, 0.05) is 23.6 Å². The first-order valence-corrected chi connectivity index (χ1v) is 13.9. The minimum atomic E-state index is -4.04. The monoisotopic (exact) mass is 593 g/mol. The molecule has 0 saturated carbocycles. The molecule has 1 saturated heterocycles. The Kier molecular flexibility index (Phi) is 7.37. The van der Waals surface area contributed by atoms with Crippen LogP contribution < -0.4 is 9.46 Å². The summed E-state index contributed by atoms with van der Waals surface area (Å²) in [4.78, 5) is 41.4. The van der Waals surface area contributed by atoms with Crippen molar-refractivity contribution in [3.05, 3.63) is 58.1 Å². The van der Waals surface area contributed by atoms with Crippen LogP contribution in [0.2, 0.25) is 0 Å². The number of methoxy groups -OCH3 is 1. The summed E-state index contributed by atoms with van der Waals surface area (Å²) in [5.41, 5.74) is -0.194. The Bertz CT molecular complexity index is 1320. The van der Waals surface area contributed by atoms with Crippen molar-refractivity contribution in [2.24, 2.45) is 0 Å². The molecule has 12 heteroatoms. The second-order valence-corrected chi connectivity index (χ2v) is 12.5. The lowest BCUT2D eigenvalue weighted by atomic mass is 10.1. The lowest BCUT2D eigenvalue weighted by molar-refractivity contribution is 0.0189. The van der Waals surface area contributed by atoms with E-state index in [-0.39, 0.29) is 30.2 Å². The number of halogens is 1. The molecule has 0 spiro atoms. The van der Waals surface area contributed by atoms with E-state index in [0.717, 1.165) is 4.90 Å². The Balaban J connectivity index is 1.59. The molecule has 2 atom stereocenters. The van der Waals surface area contributed by atoms with Gasteiger partial charge in [-0.25, -0.2) is 17.9 Å². The molecule has 0 aliphatic carbocycles. The number of hydrogen-bond acceptors (Lipinski definition) is 7. The Morgan fingerprint density at radius 1 is 1.11 bits per heavy atom. The Hall–Kier alpha value is -2.96. The summed E-state index contributed by atoms with van der Waals surface area (Å²) in [5, 5.41) is 0. The molecule has 0 radical (unpaired) electrons. The third-order valence-corrected chi connectivity index (χ3v) is 8.09. The largest absolute Gasteiger partial charge is 0.495 e. The average Bonchev–Trinajstić information content (AvgIpc) is 3.32. The van der Waals surface area contributed by atoms with Gasteiger partial charge in [-0.2, -0.15) is 0 Å². The zero-order chi connectivity index (χ0) is 27.1. The fraction of sp³-hybridized carbons (Fsp3) is 0.400. The van der Waals surface area contributed by atoms with Gasteiger partial charge in [-0.1, -0.05) is 28.1 Å². The molecule has 0 unspecified atom stereocenters.